The smallest absolute Gasteiger partial charge is 0.0528 e. The van der Waals surface area contributed by atoms with Gasteiger partial charge < -0.3 is 5.32 Å². The zero-order valence-electron chi connectivity index (χ0n) is 11.1. The largest absolute Gasteiger partial charge is 0.381 e. The van der Waals surface area contributed by atoms with E-state index < -0.39 is 0 Å². The second-order valence-corrected chi connectivity index (χ2v) is 4.76. The van der Waals surface area contributed by atoms with Crippen molar-refractivity contribution in [2.75, 3.05) is 5.32 Å². The summed E-state index contributed by atoms with van der Waals surface area (Å²) in [4.78, 5) is 4.29. The SMILES string of the molecule is Cc1ccc(NC(C)CCc2ccccc2)cn1. The summed E-state index contributed by atoms with van der Waals surface area (Å²) >= 11 is 0. The van der Waals surface area contributed by atoms with Gasteiger partial charge in [0.05, 0.1) is 11.9 Å². The van der Waals surface area contributed by atoms with Crippen LogP contribution in [0.25, 0.3) is 0 Å². The van der Waals surface area contributed by atoms with E-state index in [1.54, 1.807) is 0 Å². The van der Waals surface area contributed by atoms with Crippen LogP contribution >= 0.6 is 0 Å². The van der Waals surface area contributed by atoms with Crippen LogP contribution in [0.15, 0.2) is 48.7 Å². The summed E-state index contributed by atoms with van der Waals surface area (Å²) in [5, 5.41) is 3.48. The molecule has 2 heteroatoms. The van der Waals surface area contributed by atoms with Gasteiger partial charge in [-0.15, -0.1) is 0 Å². The number of benzene rings is 1. The Labute approximate surface area is 109 Å². The highest BCUT2D eigenvalue weighted by Gasteiger charge is 2.02. The molecule has 0 radical (unpaired) electrons. The zero-order valence-corrected chi connectivity index (χ0v) is 11.1. The van der Waals surface area contributed by atoms with Gasteiger partial charge in [0.2, 0.25) is 0 Å². The summed E-state index contributed by atoms with van der Waals surface area (Å²) in [7, 11) is 0. The average molecular weight is 240 g/mol. The van der Waals surface area contributed by atoms with E-state index in [9.17, 15) is 0 Å². The molecule has 1 aromatic heterocycles. The summed E-state index contributed by atoms with van der Waals surface area (Å²) in [6.45, 7) is 4.21. The van der Waals surface area contributed by atoms with Crippen LogP contribution in [-0.4, -0.2) is 11.0 Å². The molecule has 2 nitrogen and oxygen atoms in total. The lowest BCUT2D eigenvalue weighted by molar-refractivity contribution is 0.705. The van der Waals surface area contributed by atoms with Crippen LogP contribution in [0.5, 0.6) is 0 Å². The molecule has 1 heterocycles. The van der Waals surface area contributed by atoms with Crippen molar-refractivity contribution in [3.8, 4) is 0 Å². The monoisotopic (exact) mass is 240 g/mol. The summed E-state index contributed by atoms with van der Waals surface area (Å²) in [6.07, 6.45) is 4.13. The molecule has 94 valence electrons. The standard InChI is InChI=1S/C16H20N2/c1-13-9-11-16(12-17-13)18-14(2)8-10-15-6-4-3-5-7-15/h3-7,9,11-12,14,18H,8,10H2,1-2H3. The lowest BCUT2D eigenvalue weighted by Gasteiger charge is -2.15. The number of pyridine rings is 1. The molecule has 0 bridgehead atoms. The minimum Gasteiger partial charge on any atom is -0.381 e. The number of anilines is 1. The number of rotatable bonds is 5. The lowest BCUT2D eigenvalue weighted by atomic mass is 10.1. The van der Waals surface area contributed by atoms with Gasteiger partial charge in [-0.3, -0.25) is 4.98 Å². The Morgan fingerprint density at radius 1 is 1.11 bits per heavy atom. The Bertz CT molecular complexity index is 462. The van der Waals surface area contributed by atoms with Crippen molar-refractivity contribution >= 4 is 5.69 Å². The first kappa shape index (κ1) is 12.6. The molecule has 1 N–H and O–H groups in total. The van der Waals surface area contributed by atoms with Gasteiger partial charge in [-0.2, -0.15) is 0 Å². The quantitative estimate of drug-likeness (QED) is 0.859. The normalized spacial score (nSPS) is 12.1. The number of nitrogens with one attached hydrogen (secondary N) is 1. The van der Waals surface area contributed by atoms with Gasteiger partial charge in [0, 0.05) is 11.7 Å². The van der Waals surface area contributed by atoms with E-state index in [-0.39, 0.29) is 0 Å². The Morgan fingerprint density at radius 3 is 2.56 bits per heavy atom. The first-order valence-electron chi connectivity index (χ1n) is 6.47. The van der Waals surface area contributed by atoms with Crippen molar-refractivity contribution in [2.24, 2.45) is 0 Å². The summed E-state index contributed by atoms with van der Waals surface area (Å²) in [6, 6.07) is 15.2. The molecule has 2 rings (SSSR count). The fraction of sp³-hybridized carbons (Fsp3) is 0.312. The van der Waals surface area contributed by atoms with Gasteiger partial charge in [-0.25, -0.2) is 0 Å². The molecule has 0 aliphatic rings. The third-order valence-electron chi connectivity index (χ3n) is 3.03. The van der Waals surface area contributed by atoms with Crippen molar-refractivity contribution in [3.63, 3.8) is 0 Å². The van der Waals surface area contributed by atoms with E-state index in [1.165, 1.54) is 5.56 Å². The Hall–Kier alpha value is -1.83. The molecule has 0 spiro atoms. The molecule has 2 aromatic rings. The van der Waals surface area contributed by atoms with Crippen LogP contribution in [0, 0.1) is 6.92 Å². The first-order chi connectivity index (χ1) is 8.74. The maximum atomic E-state index is 4.29. The third kappa shape index (κ3) is 3.88. The number of nitrogens with zero attached hydrogens (tertiary/aromatic N) is 1. The lowest BCUT2D eigenvalue weighted by Crippen LogP contribution is -2.16. The average Bonchev–Trinajstić information content (AvgIpc) is 2.40. The summed E-state index contributed by atoms with van der Waals surface area (Å²) in [5.41, 5.74) is 3.55. The van der Waals surface area contributed by atoms with Crippen LogP contribution in [0.3, 0.4) is 0 Å². The molecular formula is C16H20N2. The highest BCUT2D eigenvalue weighted by molar-refractivity contribution is 5.41. The van der Waals surface area contributed by atoms with Gasteiger partial charge in [-0.05, 0) is 44.4 Å². The second kappa shape index (κ2) is 6.20. The van der Waals surface area contributed by atoms with Crippen LogP contribution < -0.4 is 5.32 Å². The van der Waals surface area contributed by atoms with Crippen LogP contribution in [0.2, 0.25) is 0 Å². The van der Waals surface area contributed by atoms with Crippen molar-refractivity contribution in [3.05, 3.63) is 59.9 Å². The topological polar surface area (TPSA) is 24.9 Å². The minimum atomic E-state index is 0.453. The van der Waals surface area contributed by atoms with E-state index in [0.717, 1.165) is 24.2 Å². The van der Waals surface area contributed by atoms with E-state index in [2.05, 4.69) is 53.6 Å². The van der Waals surface area contributed by atoms with Crippen molar-refractivity contribution in [1.82, 2.24) is 4.98 Å². The molecule has 1 aromatic carbocycles. The van der Waals surface area contributed by atoms with Gasteiger partial charge in [-0.1, -0.05) is 30.3 Å². The minimum absolute atomic E-state index is 0.453. The molecule has 0 aliphatic carbocycles. The van der Waals surface area contributed by atoms with Gasteiger partial charge >= 0.3 is 0 Å². The Kier molecular flexibility index (Phi) is 4.35. The van der Waals surface area contributed by atoms with E-state index >= 15 is 0 Å². The molecule has 0 amide bonds. The molecular weight excluding hydrogens is 220 g/mol. The maximum absolute atomic E-state index is 4.29. The van der Waals surface area contributed by atoms with Gasteiger partial charge in [0.1, 0.15) is 0 Å². The van der Waals surface area contributed by atoms with E-state index in [1.807, 2.05) is 19.2 Å². The van der Waals surface area contributed by atoms with E-state index in [0.29, 0.717) is 6.04 Å². The van der Waals surface area contributed by atoms with Crippen LogP contribution in [0.4, 0.5) is 5.69 Å². The summed E-state index contributed by atoms with van der Waals surface area (Å²) < 4.78 is 0. The number of aromatic nitrogens is 1. The van der Waals surface area contributed by atoms with Crippen LogP contribution in [-0.2, 0) is 6.42 Å². The zero-order chi connectivity index (χ0) is 12.8. The molecule has 0 fully saturated rings. The molecule has 0 saturated heterocycles. The highest BCUT2D eigenvalue weighted by Crippen LogP contribution is 2.11. The molecule has 1 atom stereocenters. The third-order valence-corrected chi connectivity index (χ3v) is 3.03. The molecule has 0 saturated carbocycles. The highest BCUT2D eigenvalue weighted by atomic mass is 14.9. The summed E-state index contributed by atoms with van der Waals surface area (Å²) in [5.74, 6) is 0. The molecule has 0 aliphatic heterocycles. The van der Waals surface area contributed by atoms with Crippen molar-refractivity contribution < 1.29 is 0 Å². The molecule has 18 heavy (non-hydrogen) atoms. The fourth-order valence-corrected chi connectivity index (χ4v) is 1.94. The Morgan fingerprint density at radius 2 is 1.89 bits per heavy atom. The number of hydrogen-bond donors (Lipinski definition) is 1. The van der Waals surface area contributed by atoms with Crippen LogP contribution in [0.1, 0.15) is 24.6 Å². The fourth-order valence-electron chi connectivity index (χ4n) is 1.94. The maximum Gasteiger partial charge on any atom is 0.0528 e. The van der Waals surface area contributed by atoms with Crippen molar-refractivity contribution in [1.29, 1.82) is 0 Å². The Balaban J connectivity index is 1.82. The van der Waals surface area contributed by atoms with Crippen molar-refractivity contribution in [2.45, 2.75) is 32.7 Å². The predicted molar refractivity (Wildman–Crippen MR) is 76.8 cm³/mol. The van der Waals surface area contributed by atoms with E-state index in [4.69, 9.17) is 0 Å². The van der Waals surface area contributed by atoms with Gasteiger partial charge in [0.25, 0.3) is 0 Å². The number of aryl methyl sites for hydroxylation is 2. The number of hydrogen-bond acceptors (Lipinski definition) is 2. The second-order valence-electron chi connectivity index (χ2n) is 4.76. The van der Waals surface area contributed by atoms with Gasteiger partial charge in [0.15, 0.2) is 0 Å². The first-order valence-corrected chi connectivity index (χ1v) is 6.47. The molecule has 1 unspecified atom stereocenters. The predicted octanol–water partition coefficient (Wildman–Crippen LogP) is 3.82.